The Kier molecular flexibility index (Phi) is 5.96. The highest BCUT2D eigenvalue weighted by Gasteiger charge is 2.44. The second-order valence-electron chi connectivity index (χ2n) is 6.30. The Bertz CT molecular complexity index is 442. The molecule has 1 unspecified atom stereocenters. The molecular formula is C15H25NO6. The molecule has 1 aliphatic carbocycles. The van der Waals surface area contributed by atoms with E-state index in [1.807, 2.05) is 0 Å². The van der Waals surface area contributed by atoms with Gasteiger partial charge in [-0.3, -0.25) is 4.79 Å². The fourth-order valence-electron chi connectivity index (χ4n) is 2.21. The summed E-state index contributed by atoms with van der Waals surface area (Å²) < 4.78 is 10.1. The molecule has 0 saturated heterocycles. The Morgan fingerprint density at radius 3 is 2.55 bits per heavy atom. The molecule has 1 aliphatic rings. The van der Waals surface area contributed by atoms with Crippen LogP contribution < -0.4 is 5.32 Å². The molecule has 3 atom stereocenters. The number of carbonyl (C=O) groups is 2. The molecule has 0 spiro atoms. The minimum Gasteiger partial charge on any atom is -0.466 e. The lowest BCUT2D eigenvalue weighted by Crippen LogP contribution is -2.51. The minimum atomic E-state index is -1.68. The second-order valence-corrected chi connectivity index (χ2v) is 6.30. The molecule has 0 saturated carbocycles. The number of alkyl carbamates (subject to hydrolysis) is 1. The van der Waals surface area contributed by atoms with Crippen LogP contribution in [-0.4, -0.2) is 52.7 Å². The molecule has 126 valence electrons. The number of carbonyl (C=O) groups excluding carboxylic acids is 2. The number of hydrogen-bond acceptors (Lipinski definition) is 6. The van der Waals surface area contributed by atoms with E-state index in [9.17, 15) is 19.8 Å². The van der Waals surface area contributed by atoms with Crippen molar-refractivity contribution in [2.45, 2.75) is 51.4 Å². The SMILES string of the molecule is CCOC(=O)C1C[C@H](NC(=O)OC(C)(C)C)C=C[C@]1(O)CO. The van der Waals surface area contributed by atoms with Gasteiger partial charge in [-0.15, -0.1) is 0 Å². The number of esters is 1. The zero-order chi connectivity index (χ0) is 17.0. The van der Waals surface area contributed by atoms with Gasteiger partial charge in [0.05, 0.1) is 25.2 Å². The van der Waals surface area contributed by atoms with Crippen LogP contribution in [0.2, 0.25) is 0 Å². The summed E-state index contributed by atoms with van der Waals surface area (Å²) in [6.07, 6.45) is 2.36. The maximum atomic E-state index is 12.0. The lowest BCUT2D eigenvalue weighted by molar-refractivity contribution is -0.159. The lowest BCUT2D eigenvalue weighted by Gasteiger charge is -2.36. The third-order valence-electron chi connectivity index (χ3n) is 3.24. The summed E-state index contributed by atoms with van der Waals surface area (Å²) in [4.78, 5) is 23.7. The van der Waals surface area contributed by atoms with Gasteiger partial charge in [0, 0.05) is 0 Å². The van der Waals surface area contributed by atoms with Gasteiger partial charge >= 0.3 is 12.1 Å². The van der Waals surface area contributed by atoms with Crippen LogP contribution in [0.15, 0.2) is 12.2 Å². The van der Waals surface area contributed by atoms with Crippen LogP contribution in [0.25, 0.3) is 0 Å². The zero-order valence-corrected chi connectivity index (χ0v) is 13.5. The van der Waals surface area contributed by atoms with Crippen LogP contribution >= 0.6 is 0 Å². The molecule has 0 radical (unpaired) electrons. The Morgan fingerprint density at radius 1 is 1.41 bits per heavy atom. The van der Waals surface area contributed by atoms with Crippen LogP contribution in [0.4, 0.5) is 4.79 Å². The number of rotatable bonds is 4. The zero-order valence-electron chi connectivity index (χ0n) is 13.5. The van der Waals surface area contributed by atoms with E-state index < -0.39 is 41.8 Å². The molecule has 0 aromatic rings. The quantitative estimate of drug-likeness (QED) is 0.522. The fraction of sp³-hybridized carbons (Fsp3) is 0.733. The van der Waals surface area contributed by atoms with Gasteiger partial charge in [0.15, 0.2) is 0 Å². The topological polar surface area (TPSA) is 105 Å². The summed E-state index contributed by atoms with van der Waals surface area (Å²) in [7, 11) is 0. The average molecular weight is 315 g/mol. The Labute approximate surface area is 130 Å². The van der Waals surface area contributed by atoms with Gasteiger partial charge in [0.1, 0.15) is 11.2 Å². The van der Waals surface area contributed by atoms with E-state index >= 15 is 0 Å². The monoisotopic (exact) mass is 315 g/mol. The third-order valence-corrected chi connectivity index (χ3v) is 3.24. The van der Waals surface area contributed by atoms with Gasteiger partial charge in [0.25, 0.3) is 0 Å². The van der Waals surface area contributed by atoms with Crippen molar-refractivity contribution in [2.24, 2.45) is 5.92 Å². The van der Waals surface area contributed by atoms with Crippen LogP contribution in [0, 0.1) is 5.92 Å². The first kappa shape index (κ1) is 18.4. The molecule has 1 rings (SSSR count). The van der Waals surface area contributed by atoms with Crippen molar-refractivity contribution in [3.63, 3.8) is 0 Å². The van der Waals surface area contributed by atoms with E-state index in [1.54, 1.807) is 27.7 Å². The normalized spacial score (nSPS) is 28.1. The predicted octanol–water partition coefficient (Wildman–Crippen LogP) is 0.742. The number of nitrogens with one attached hydrogen (secondary N) is 1. The van der Waals surface area contributed by atoms with Crippen molar-refractivity contribution in [2.75, 3.05) is 13.2 Å². The van der Waals surface area contributed by atoms with Crippen molar-refractivity contribution in [3.8, 4) is 0 Å². The van der Waals surface area contributed by atoms with Gasteiger partial charge < -0.3 is 25.0 Å². The molecule has 0 bridgehead atoms. The molecule has 3 N–H and O–H groups in total. The number of ether oxygens (including phenoxy) is 2. The van der Waals surface area contributed by atoms with Crippen molar-refractivity contribution in [1.29, 1.82) is 0 Å². The average Bonchev–Trinajstić information content (AvgIpc) is 2.39. The summed E-state index contributed by atoms with van der Waals surface area (Å²) in [5.74, 6) is -1.57. The van der Waals surface area contributed by atoms with Gasteiger partial charge in [-0.2, -0.15) is 0 Å². The molecule has 0 aliphatic heterocycles. The molecular weight excluding hydrogens is 290 g/mol. The van der Waals surface area contributed by atoms with Crippen molar-refractivity contribution in [1.82, 2.24) is 5.32 Å². The van der Waals surface area contributed by atoms with E-state index in [1.165, 1.54) is 12.2 Å². The van der Waals surface area contributed by atoms with Crippen LogP contribution in [0.3, 0.4) is 0 Å². The molecule has 0 aromatic heterocycles. The number of aliphatic hydroxyl groups excluding tert-OH is 1. The maximum Gasteiger partial charge on any atom is 0.408 e. The van der Waals surface area contributed by atoms with Gasteiger partial charge in [-0.1, -0.05) is 12.2 Å². The van der Waals surface area contributed by atoms with Gasteiger partial charge in [-0.25, -0.2) is 4.79 Å². The summed E-state index contributed by atoms with van der Waals surface area (Å²) in [5, 5.41) is 22.2. The molecule has 7 heteroatoms. The van der Waals surface area contributed by atoms with Crippen LogP contribution in [0.1, 0.15) is 34.1 Å². The molecule has 22 heavy (non-hydrogen) atoms. The fourth-order valence-corrected chi connectivity index (χ4v) is 2.21. The lowest BCUT2D eigenvalue weighted by atomic mass is 9.78. The summed E-state index contributed by atoms with van der Waals surface area (Å²) in [6.45, 7) is 6.46. The molecule has 0 aromatic carbocycles. The Hall–Kier alpha value is -1.60. The number of aliphatic hydroxyl groups is 2. The third kappa shape index (κ3) is 4.99. The van der Waals surface area contributed by atoms with E-state index in [4.69, 9.17) is 9.47 Å². The van der Waals surface area contributed by atoms with Crippen molar-refractivity contribution < 1.29 is 29.3 Å². The standard InChI is InChI=1S/C15H25NO6/c1-5-21-12(18)11-8-10(6-7-15(11,20)9-17)16-13(19)22-14(2,3)4/h6-7,10-11,17,20H,5,8-9H2,1-4H3,(H,16,19)/t10-,11?,15+/m1/s1. The first-order valence-corrected chi connectivity index (χ1v) is 7.30. The smallest absolute Gasteiger partial charge is 0.408 e. The van der Waals surface area contributed by atoms with E-state index in [0.717, 1.165) is 0 Å². The highest BCUT2D eigenvalue weighted by Crippen LogP contribution is 2.30. The number of amides is 1. The summed E-state index contributed by atoms with van der Waals surface area (Å²) >= 11 is 0. The molecule has 0 heterocycles. The summed E-state index contributed by atoms with van der Waals surface area (Å²) in [5.41, 5.74) is -2.31. The Balaban J connectivity index is 2.79. The Morgan fingerprint density at radius 2 is 2.05 bits per heavy atom. The van der Waals surface area contributed by atoms with Crippen LogP contribution in [0.5, 0.6) is 0 Å². The van der Waals surface area contributed by atoms with E-state index in [2.05, 4.69) is 5.32 Å². The minimum absolute atomic E-state index is 0.117. The molecule has 0 fully saturated rings. The highest BCUT2D eigenvalue weighted by atomic mass is 16.6. The maximum absolute atomic E-state index is 12.0. The second kappa shape index (κ2) is 7.11. The first-order valence-electron chi connectivity index (χ1n) is 7.30. The van der Waals surface area contributed by atoms with E-state index in [0.29, 0.717) is 0 Å². The number of hydrogen-bond donors (Lipinski definition) is 3. The predicted molar refractivity (Wildman–Crippen MR) is 79.1 cm³/mol. The highest BCUT2D eigenvalue weighted by molar-refractivity contribution is 5.75. The van der Waals surface area contributed by atoms with Crippen molar-refractivity contribution >= 4 is 12.1 Å². The largest absolute Gasteiger partial charge is 0.466 e. The molecule has 7 nitrogen and oxygen atoms in total. The first-order chi connectivity index (χ1) is 10.1. The van der Waals surface area contributed by atoms with Crippen molar-refractivity contribution in [3.05, 3.63) is 12.2 Å². The van der Waals surface area contributed by atoms with Crippen LogP contribution in [-0.2, 0) is 14.3 Å². The summed E-state index contributed by atoms with van der Waals surface area (Å²) in [6, 6.07) is -0.490. The van der Waals surface area contributed by atoms with Gasteiger partial charge in [-0.05, 0) is 34.1 Å². The molecule has 1 amide bonds. The van der Waals surface area contributed by atoms with E-state index in [-0.39, 0.29) is 13.0 Å². The van der Waals surface area contributed by atoms with Gasteiger partial charge in [0.2, 0.25) is 0 Å².